The van der Waals surface area contributed by atoms with E-state index >= 15 is 0 Å². The third-order valence-electron chi connectivity index (χ3n) is 5.25. The molecule has 1 atom stereocenters. The van der Waals surface area contributed by atoms with Gasteiger partial charge in [-0.15, -0.1) is 0 Å². The van der Waals surface area contributed by atoms with E-state index in [1.807, 2.05) is 49.4 Å². The van der Waals surface area contributed by atoms with Crippen molar-refractivity contribution in [1.29, 1.82) is 0 Å². The molecule has 1 unspecified atom stereocenters. The molecule has 1 aliphatic rings. The third-order valence-corrected chi connectivity index (χ3v) is 7.13. The van der Waals surface area contributed by atoms with Crippen molar-refractivity contribution in [1.82, 2.24) is 9.62 Å². The van der Waals surface area contributed by atoms with Gasteiger partial charge in [-0.3, -0.25) is 4.79 Å². The first-order chi connectivity index (χ1) is 13.4. The molecule has 1 amide bonds. The Morgan fingerprint density at radius 1 is 1.11 bits per heavy atom. The fraction of sp³-hybridized carbons (Fsp3) is 0.409. The molecule has 1 N–H and O–H groups in total. The van der Waals surface area contributed by atoms with Crippen molar-refractivity contribution in [3.63, 3.8) is 0 Å². The molecule has 3 rings (SSSR count). The highest BCUT2D eigenvalue weighted by atomic mass is 32.2. The Hall–Kier alpha value is -2.18. The van der Waals surface area contributed by atoms with E-state index in [2.05, 4.69) is 5.32 Å². The highest BCUT2D eigenvalue weighted by Gasteiger charge is 2.30. The molecule has 28 heavy (non-hydrogen) atoms. The van der Waals surface area contributed by atoms with E-state index in [0.29, 0.717) is 37.4 Å². The molecule has 0 aliphatic carbocycles. The molecule has 1 fully saturated rings. The van der Waals surface area contributed by atoms with Crippen molar-refractivity contribution >= 4 is 15.9 Å². The van der Waals surface area contributed by atoms with E-state index in [1.165, 1.54) is 0 Å². The van der Waals surface area contributed by atoms with Gasteiger partial charge in [-0.1, -0.05) is 48.0 Å². The number of sulfonamides is 1. The fourth-order valence-electron chi connectivity index (χ4n) is 3.56. The van der Waals surface area contributed by atoms with Crippen molar-refractivity contribution in [2.24, 2.45) is 5.92 Å². The molecule has 2 aromatic rings. The zero-order chi connectivity index (χ0) is 20.0. The summed E-state index contributed by atoms with van der Waals surface area (Å²) in [4.78, 5) is 12.5. The fourth-order valence-corrected chi connectivity index (χ4v) is 5.11. The zero-order valence-corrected chi connectivity index (χ0v) is 17.1. The van der Waals surface area contributed by atoms with E-state index in [1.54, 1.807) is 16.4 Å². The quantitative estimate of drug-likeness (QED) is 0.774. The van der Waals surface area contributed by atoms with Crippen LogP contribution in [-0.4, -0.2) is 31.7 Å². The van der Waals surface area contributed by atoms with Crippen LogP contribution in [0.1, 0.15) is 36.8 Å². The largest absolute Gasteiger partial charge is 0.352 e. The van der Waals surface area contributed by atoms with Gasteiger partial charge in [-0.05, 0) is 49.8 Å². The first-order valence-corrected chi connectivity index (χ1v) is 11.3. The Labute approximate surface area is 167 Å². The van der Waals surface area contributed by atoms with Gasteiger partial charge in [0.25, 0.3) is 0 Å². The molecule has 1 heterocycles. The zero-order valence-electron chi connectivity index (χ0n) is 16.3. The van der Waals surface area contributed by atoms with Crippen LogP contribution in [0, 0.1) is 12.8 Å². The van der Waals surface area contributed by atoms with E-state index in [9.17, 15) is 13.2 Å². The van der Waals surface area contributed by atoms with Gasteiger partial charge in [0.05, 0.1) is 4.90 Å². The molecule has 0 radical (unpaired) electrons. The van der Waals surface area contributed by atoms with Gasteiger partial charge in [0, 0.05) is 26.1 Å². The lowest BCUT2D eigenvalue weighted by Gasteiger charge is -2.32. The number of aryl methyl sites for hydroxylation is 1. The van der Waals surface area contributed by atoms with Gasteiger partial charge in [-0.2, -0.15) is 4.31 Å². The number of piperidine rings is 1. The van der Waals surface area contributed by atoms with Crippen LogP contribution in [0.15, 0.2) is 59.5 Å². The predicted molar refractivity (Wildman–Crippen MR) is 110 cm³/mol. The van der Waals surface area contributed by atoms with Gasteiger partial charge >= 0.3 is 0 Å². The van der Waals surface area contributed by atoms with Gasteiger partial charge in [-0.25, -0.2) is 8.42 Å². The van der Waals surface area contributed by atoms with Gasteiger partial charge in [0.2, 0.25) is 15.9 Å². The Balaban J connectivity index is 1.50. The highest BCUT2D eigenvalue weighted by molar-refractivity contribution is 7.89. The molecule has 2 aromatic carbocycles. The molecule has 6 heteroatoms. The monoisotopic (exact) mass is 400 g/mol. The maximum absolute atomic E-state index is 12.9. The summed E-state index contributed by atoms with van der Waals surface area (Å²) in [5, 5.41) is 2.94. The van der Waals surface area contributed by atoms with Crippen LogP contribution in [0.25, 0.3) is 0 Å². The first-order valence-electron chi connectivity index (χ1n) is 9.82. The molecule has 0 saturated carbocycles. The van der Waals surface area contributed by atoms with Crippen LogP contribution in [0.3, 0.4) is 0 Å². The average molecular weight is 401 g/mol. The lowest BCUT2D eigenvalue weighted by atomic mass is 9.94. The SMILES string of the molecule is Cc1ccc(S(=O)(=O)N2CCCC(CCC(=O)NCc3ccccc3)C2)cc1. The topological polar surface area (TPSA) is 66.5 Å². The number of hydrogen-bond acceptors (Lipinski definition) is 3. The summed E-state index contributed by atoms with van der Waals surface area (Å²) in [5.74, 6) is 0.235. The molecule has 5 nitrogen and oxygen atoms in total. The smallest absolute Gasteiger partial charge is 0.243 e. The van der Waals surface area contributed by atoms with Crippen molar-refractivity contribution in [3.8, 4) is 0 Å². The summed E-state index contributed by atoms with van der Waals surface area (Å²) in [6, 6.07) is 16.8. The minimum Gasteiger partial charge on any atom is -0.352 e. The third kappa shape index (κ3) is 5.42. The van der Waals surface area contributed by atoms with Gasteiger partial charge in [0.15, 0.2) is 0 Å². The minimum absolute atomic E-state index is 0.0161. The maximum Gasteiger partial charge on any atom is 0.243 e. The average Bonchev–Trinajstić information content (AvgIpc) is 2.72. The Kier molecular flexibility index (Phi) is 6.86. The summed E-state index contributed by atoms with van der Waals surface area (Å²) >= 11 is 0. The minimum atomic E-state index is -3.46. The van der Waals surface area contributed by atoms with Crippen LogP contribution in [-0.2, 0) is 21.4 Å². The molecule has 150 valence electrons. The number of nitrogens with zero attached hydrogens (tertiary/aromatic N) is 1. The Morgan fingerprint density at radius 3 is 2.54 bits per heavy atom. The van der Waals surface area contributed by atoms with E-state index in [4.69, 9.17) is 0 Å². The number of nitrogens with one attached hydrogen (secondary N) is 1. The lowest BCUT2D eigenvalue weighted by molar-refractivity contribution is -0.121. The molecule has 1 aliphatic heterocycles. The molecule has 1 saturated heterocycles. The number of hydrogen-bond donors (Lipinski definition) is 1. The molecule has 0 bridgehead atoms. The van der Waals surface area contributed by atoms with E-state index in [0.717, 1.165) is 24.0 Å². The van der Waals surface area contributed by atoms with Crippen molar-refractivity contribution < 1.29 is 13.2 Å². The van der Waals surface area contributed by atoms with Crippen molar-refractivity contribution in [2.45, 2.75) is 44.0 Å². The number of carbonyl (C=O) groups is 1. The Morgan fingerprint density at radius 2 is 1.82 bits per heavy atom. The van der Waals surface area contributed by atoms with Crippen LogP contribution < -0.4 is 5.32 Å². The summed E-state index contributed by atoms with van der Waals surface area (Å²) < 4.78 is 27.4. The normalized spacial score (nSPS) is 18.0. The van der Waals surface area contributed by atoms with Gasteiger partial charge < -0.3 is 5.32 Å². The molecular weight excluding hydrogens is 372 g/mol. The maximum atomic E-state index is 12.9. The second-order valence-corrected chi connectivity index (χ2v) is 9.42. The van der Waals surface area contributed by atoms with Crippen LogP contribution >= 0.6 is 0 Å². The molecule has 0 spiro atoms. The summed E-state index contributed by atoms with van der Waals surface area (Å²) in [6.07, 6.45) is 2.93. The second-order valence-electron chi connectivity index (χ2n) is 7.49. The van der Waals surface area contributed by atoms with Crippen molar-refractivity contribution in [3.05, 3.63) is 65.7 Å². The molecular formula is C22H28N2O3S. The Bertz CT molecular complexity index is 880. The van der Waals surface area contributed by atoms with Gasteiger partial charge in [0.1, 0.15) is 0 Å². The number of rotatable bonds is 7. The highest BCUT2D eigenvalue weighted by Crippen LogP contribution is 2.26. The van der Waals surface area contributed by atoms with E-state index in [-0.39, 0.29) is 11.8 Å². The number of benzene rings is 2. The number of amides is 1. The first kappa shape index (κ1) is 20.6. The van der Waals surface area contributed by atoms with Crippen LogP contribution in [0.2, 0.25) is 0 Å². The summed E-state index contributed by atoms with van der Waals surface area (Å²) in [7, 11) is -3.46. The van der Waals surface area contributed by atoms with E-state index < -0.39 is 10.0 Å². The number of carbonyl (C=O) groups excluding carboxylic acids is 1. The van der Waals surface area contributed by atoms with Crippen LogP contribution in [0.5, 0.6) is 0 Å². The van der Waals surface area contributed by atoms with Crippen molar-refractivity contribution in [2.75, 3.05) is 13.1 Å². The molecule has 0 aromatic heterocycles. The summed E-state index contributed by atoms with van der Waals surface area (Å²) in [6.45, 7) is 3.50. The summed E-state index contributed by atoms with van der Waals surface area (Å²) in [5.41, 5.74) is 2.11. The lowest BCUT2D eigenvalue weighted by Crippen LogP contribution is -2.40. The van der Waals surface area contributed by atoms with Crippen LogP contribution in [0.4, 0.5) is 0 Å². The second kappa shape index (κ2) is 9.34. The predicted octanol–water partition coefficient (Wildman–Crippen LogP) is 3.49. The standard InChI is InChI=1S/C22H28N2O3S/c1-18-9-12-21(13-10-18)28(26,27)24-15-5-8-20(17-24)11-14-22(25)23-16-19-6-3-2-4-7-19/h2-4,6-7,9-10,12-13,20H,5,8,11,14-17H2,1H3,(H,23,25).